The second-order valence-electron chi connectivity index (χ2n) is 7.58. The lowest BCUT2D eigenvalue weighted by molar-refractivity contribution is 0.0988. The fraction of sp³-hybridized carbons (Fsp3) is 0.182. The number of fused-ring (bicyclic) bond motifs is 3. The summed E-state index contributed by atoms with van der Waals surface area (Å²) in [6.07, 6.45) is 0. The molecule has 2 aromatic rings. The minimum atomic E-state index is -0.255. The second-order valence-corrected chi connectivity index (χ2v) is 9.73. The molecule has 0 bridgehead atoms. The molecule has 0 amide bonds. The van der Waals surface area contributed by atoms with Gasteiger partial charge in [-0.25, -0.2) is 0 Å². The van der Waals surface area contributed by atoms with E-state index in [1.807, 2.05) is 12.1 Å². The van der Waals surface area contributed by atoms with Crippen molar-refractivity contribution in [3.05, 3.63) is 80.1 Å². The first kappa shape index (κ1) is 16.9. The molecular formula is C22H17NO2S2. The van der Waals surface area contributed by atoms with E-state index in [-0.39, 0.29) is 17.1 Å². The summed E-state index contributed by atoms with van der Waals surface area (Å²) >= 11 is 0. The van der Waals surface area contributed by atoms with Gasteiger partial charge in [0, 0.05) is 37.8 Å². The lowest BCUT2D eigenvalue weighted by Gasteiger charge is -2.35. The van der Waals surface area contributed by atoms with Gasteiger partial charge in [0.05, 0.1) is 11.1 Å². The van der Waals surface area contributed by atoms with Gasteiger partial charge < -0.3 is 5.32 Å². The van der Waals surface area contributed by atoms with Crippen molar-refractivity contribution in [1.82, 2.24) is 0 Å². The van der Waals surface area contributed by atoms with E-state index in [4.69, 9.17) is 0 Å². The van der Waals surface area contributed by atoms with E-state index >= 15 is 0 Å². The smallest absolute Gasteiger partial charge is 0.198 e. The molecule has 2 aromatic carbocycles. The number of carbonyl (C=O) groups excluding carboxylic acids is 2. The third-order valence-electron chi connectivity index (χ3n) is 5.22. The zero-order valence-corrected chi connectivity index (χ0v) is 16.8. The van der Waals surface area contributed by atoms with Crippen molar-refractivity contribution in [1.29, 1.82) is 0 Å². The molecule has 134 valence electrons. The Kier molecular flexibility index (Phi) is 3.52. The highest BCUT2D eigenvalue weighted by molar-refractivity contribution is 8.80. The molecule has 27 heavy (non-hydrogen) atoms. The number of hydrogen-bond acceptors (Lipinski definition) is 5. The first-order valence-corrected chi connectivity index (χ1v) is 10.9. The Balaban J connectivity index is 1.79. The van der Waals surface area contributed by atoms with Gasteiger partial charge in [-0.2, -0.15) is 0 Å². The second kappa shape index (κ2) is 5.63. The molecular weight excluding hydrogens is 374 g/mol. The zero-order chi connectivity index (χ0) is 18.9. The average Bonchev–Trinajstić information content (AvgIpc) is 3.17. The van der Waals surface area contributed by atoms with Gasteiger partial charge in [-0.15, -0.1) is 0 Å². The predicted molar refractivity (Wildman–Crippen MR) is 113 cm³/mol. The summed E-state index contributed by atoms with van der Waals surface area (Å²) in [5, 5.41) is 3.60. The largest absolute Gasteiger partial charge is 0.375 e. The van der Waals surface area contributed by atoms with Crippen LogP contribution in [0.4, 0.5) is 5.69 Å². The van der Waals surface area contributed by atoms with E-state index in [1.54, 1.807) is 22.9 Å². The molecule has 0 atom stereocenters. The highest BCUT2D eigenvalue weighted by atomic mass is 33.1. The van der Waals surface area contributed by atoms with Gasteiger partial charge in [0.15, 0.2) is 11.6 Å². The number of Topliss-reactive ketones (excluding diaryl/α,β-unsaturated/α-hetero) is 2. The molecule has 0 unspecified atom stereocenters. The SMILES string of the molecule is Cc1ccc2c(c1)C1=C(SSC1=C1C(=O)c3ccccc3C1=O)C(C)(C)N2. The molecule has 1 aliphatic carbocycles. The van der Waals surface area contributed by atoms with Crippen molar-refractivity contribution < 1.29 is 9.59 Å². The number of benzene rings is 2. The van der Waals surface area contributed by atoms with E-state index in [2.05, 4.69) is 44.3 Å². The number of anilines is 1. The summed E-state index contributed by atoms with van der Waals surface area (Å²) in [5.41, 5.74) is 5.41. The Bertz CT molecular complexity index is 1090. The van der Waals surface area contributed by atoms with Crippen LogP contribution >= 0.6 is 21.6 Å². The summed E-state index contributed by atoms with van der Waals surface area (Å²) in [6.45, 7) is 6.34. The first-order valence-electron chi connectivity index (χ1n) is 8.80. The topological polar surface area (TPSA) is 46.2 Å². The minimum absolute atomic E-state index is 0.155. The summed E-state index contributed by atoms with van der Waals surface area (Å²) in [7, 11) is 3.19. The van der Waals surface area contributed by atoms with Gasteiger partial charge >= 0.3 is 0 Å². The normalized spacial score (nSPS) is 19.8. The third-order valence-corrected chi connectivity index (χ3v) is 8.01. The van der Waals surface area contributed by atoms with Crippen LogP contribution in [-0.2, 0) is 0 Å². The molecule has 5 rings (SSSR count). The molecule has 2 heterocycles. The minimum Gasteiger partial charge on any atom is -0.375 e. The number of ketones is 2. The van der Waals surface area contributed by atoms with E-state index in [0.29, 0.717) is 16.7 Å². The van der Waals surface area contributed by atoms with Gasteiger partial charge in [-0.05, 0) is 32.9 Å². The molecule has 2 aliphatic heterocycles. The van der Waals surface area contributed by atoms with Crippen LogP contribution in [0, 0.1) is 6.92 Å². The number of allylic oxidation sites excluding steroid dienone is 2. The van der Waals surface area contributed by atoms with Crippen LogP contribution < -0.4 is 5.32 Å². The molecule has 3 aliphatic rings. The highest BCUT2D eigenvalue weighted by Crippen LogP contribution is 2.61. The number of rotatable bonds is 0. The zero-order valence-electron chi connectivity index (χ0n) is 15.2. The first-order chi connectivity index (χ1) is 12.9. The molecule has 0 spiro atoms. The van der Waals surface area contributed by atoms with Crippen molar-refractivity contribution in [3.63, 3.8) is 0 Å². The molecule has 0 fully saturated rings. The fourth-order valence-corrected chi connectivity index (χ4v) is 7.15. The number of aryl methyl sites for hydroxylation is 1. The quantitative estimate of drug-likeness (QED) is 0.358. The van der Waals surface area contributed by atoms with Crippen molar-refractivity contribution in [3.8, 4) is 0 Å². The molecule has 5 heteroatoms. The average molecular weight is 392 g/mol. The molecule has 0 saturated carbocycles. The number of hydrogen-bond donors (Lipinski definition) is 1. The van der Waals surface area contributed by atoms with Gasteiger partial charge in [0.2, 0.25) is 0 Å². The van der Waals surface area contributed by atoms with E-state index in [9.17, 15) is 9.59 Å². The van der Waals surface area contributed by atoms with Gasteiger partial charge in [-0.3, -0.25) is 9.59 Å². The monoisotopic (exact) mass is 391 g/mol. The lowest BCUT2D eigenvalue weighted by Crippen LogP contribution is -2.35. The molecule has 1 N–H and O–H groups in total. The Morgan fingerprint density at radius 2 is 1.52 bits per heavy atom. The van der Waals surface area contributed by atoms with Crippen LogP contribution in [0.15, 0.2) is 57.8 Å². The standard InChI is InChI=1S/C22H17NO2S2/c1-11-8-9-15-14(10-11)16-20(26-27-21(16)22(2,3)23-15)17-18(24)12-6-4-5-7-13(12)19(17)25/h4-10,23H,1-3H3. The summed E-state index contributed by atoms with van der Waals surface area (Å²) < 4.78 is 0. The summed E-state index contributed by atoms with van der Waals surface area (Å²) in [4.78, 5) is 28.1. The molecule has 3 nitrogen and oxygen atoms in total. The Labute approximate surface area is 165 Å². The molecule has 0 radical (unpaired) electrons. The Hall–Kier alpha value is -2.24. The van der Waals surface area contributed by atoms with Crippen LogP contribution in [0.5, 0.6) is 0 Å². The molecule has 0 aromatic heterocycles. The number of nitrogens with one attached hydrogen (secondary N) is 1. The van der Waals surface area contributed by atoms with Crippen LogP contribution in [-0.4, -0.2) is 17.1 Å². The Morgan fingerprint density at radius 3 is 2.19 bits per heavy atom. The van der Waals surface area contributed by atoms with E-state index in [0.717, 1.165) is 27.3 Å². The maximum atomic E-state index is 13.1. The van der Waals surface area contributed by atoms with Crippen molar-refractivity contribution in [2.75, 3.05) is 5.32 Å². The lowest BCUT2D eigenvalue weighted by atomic mass is 9.87. The van der Waals surface area contributed by atoms with Gasteiger partial charge in [0.25, 0.3) is 0 Å². The maximum absolute atomic E-state index is 13.1. The van der Waals surface area contributed by atoms with Crippen molar-refractivity contribution >= 4 is 44.4 Å². The van der Waals surface area contributed by atoms with Crippen molar-refractivity contribution in [2.24, 2.45) is 0 Å². The van der Waals surface area contributed by atoms with Gasteiger partial charge in [-0.1, -0.05) is 57.5 Å². The van der Waals surface area contributed by atoms with Crippen LogP contribution in [0.3, 0.4) is 0 Å². The fourth-order valence-electron chi connectivity index (χ4n) is 3.92. The van der Waals surface area contributed by atoms with Crippen LogP contribution in [0.2, 0.25) is 0 Å². The highest BCUT2D eigenvalue weighted by Gasteiger charge is 2.44. The Morgan fingerprint density at radius 1 is 0.852 bits per heavy atom. The maximum Gasteiger partial charge on any atom is 0.198 e. The molecule has 0 saturated heterocycles. The van der Waals surface area contributed by atoms with Gasteiger partial charge in [0.1, 0.15) is 0 Å². The van der Waals surface area contributed by atoms with E-state index in [1.165, 1.54) is 15.7 Å². The van der Waals surface area contributed by atoms with Crippen LogP contribution in [0.25, 0.3) is 5.57 Å². The number of carbonyl (C=O) groups is 2. The van der Waals surface area contributed by atoms with Crippen molar-refractivity contribution in [2.45, 2.75) is 26.3 Å². The third kappa shape index (κ3) is 2.31. The predicted octanol–water partition coefficient (Wildman–Crippen LogP) is 5.64. The van der Waals surface area contributed by atoms with Crippen LogP contribution in [0.1, 0.15) is 45.7 Å². The van der Waals surface area contributed by atoms with E-state index < -0.39 is 0 Å². The summed E-state index contributed by atoms with van der Waals surface area (Å²) in [6, 6.07) is 13.4. The summed E-state index contributed by atoms with van der Waals surface area (Å²) in [5.74, 6) is -0.309.